The number of para-hydroxylation sites is 1. The summed E-state index contributed by atoms with van der Waals surface area (Å²) >= 11 is 1.57. The molecule has 1 aliphatic carbocycles. The molecule has 3 atom stereocenters. The second-order valence-corrected chi connectivity index (χ2v) is 8.58. The molecule has 2 aromatic heterocycles. The van der Waals surface area contributed by atoms with Gasteiger partial charge in [-0.2, -0.15) is 0 Å². The van der Waals surface area contributed by atoms with Crippen molar-refractivity contribution in [3.8, 4) is 0 Å². The van der Waals surface area contributed by atoms with E-state index in [9.17, 15) is 4.79 Å². The zero-order valence-electron chi connectivity index (χ0n) is 16.0. The predicted molar refractivity (Wildman–Crippen MR) is 108 cm³/mol. The van der Waals surface area contributed by atoms with E-state index in [-0.39, 0.29) is 11.6 Å². The number of benzene rings is 1. The largest absolute Gasteiger partial charge is 0.361 e. The van der Waals surface area contributed by atoms with Gasteiger partial charge in [0.05, 0.1) is 16.6 Å². The molecule has 0 N–H and O–H groups in total. The van der Waals surface area contributed by atoms with Crippen LogP contribution in [0.2, 0.25) is 0 Å². The zero-order chi connectivity index (χ0) is 19.0. The molecule has 0 bridgehead atoms. The molecule has 3 aromatic rings. The summed E-state index contributed by atoms with van der Waals surface area (Å²) in [4.78, 5) is 18.3. The van der Waals surface area contributed by atoms with E-state index in [1.807, 2.05) is 41.8 Å². The van der Waals surface area contributed by atoms with Crippen molar-refractivity contribution in [1.82, 2.24) is 14.7 Å². The Hall–Kier alpha value is -2.08. The minimum Gasteiger partial charge on any atom is -0.361 e. The Balaban J connectivity index is 1.78. The van der Waals surface area contributed by atoms with E-state index < -0.39 is 0 Å². The average Bonchev–Trinajstić information content (AvgIpc) is 3.08. The quantitative estimate of drug-likeness (QED) is 0.469. The van der Waals surface area contributed by atoms with Crippen LogP contribution in [0.4, 0.5) is 0 Å². The van der Waals surface area contributed by atoms with Crippen LogP contribution in [0.3, 0.4) is 0 Å². The van der Waals surface area contributed by atoms with E-state index >= 15 is 0 Å². The van der Waals surface area contributed by atoms with E-state index in [1.165, 1.54) is 6.42 Å². The Morgan fingerprint density at radius 2 is 2.07 bits per heavy atom. The smallest absolute Gasteiger partial charge is 0.262 e. The summed E-state index contributed by atoms with van der Waals surface area (Å²) in [6, 6.07) is 9.76. The molecule has 4 rings (SSSR count). The van der Waals surface area contributed by atoms with Crippen molar-refractivity contribution in [2.24, 2.45) is 11.8 Å². The molecule has 1 aromatic carbocycles. The van der Waals surface area contributed by atoms with Gasteiger partial charge < -0.3 is 4.52 Å². The van der Waals surface area contributed by atoms with Gasteiger partial charge in [0, 0.05) is 17.9 Å². The van der Waals surface area contributed by atoms with E-state index in [4.69, 9.17) is 9.51 Å². The van der Waals surface area contributed by atoms with Crippen molar-refractivity contribution in [1.29, 1.82) is 0 Å². The van der Waals surface area contributed by atoms with Crippen LogP contribution in [0.5, 0.6) is 0 Å². The molecule has 6 heteroatoms. The minimum atomic E-state index is 0.0744. The molecule has 0 spiro atoms. The number of rotatable bonds is 4. The van der Waals surface area contributed by atoms with Crippen LogP contribution >= 0.6 is 11.8 Å². The lowest BCUT2D eigenvalue weighted by Crippen LogP contribution is -2.35. The maximum atomic E-state index is 13.4. The Kier molecular flexibility index (Phi) is 5.08. The highest BCUT2D eigenvalue weighted by molar-refractivity contribution is 7.98. The molecule has 0 saturated heterocycles. The Labute approximate surface area is 163 Å². The topological polar surface area (TPSA) is 60.9 Å². The maximum Gasteiger partial charge on any atom is 0.262 e. The van der Waals surface area contributed by atoms with Gasteiger partial charge >= 0.3 is 0 Å². The van der Waals surface area contributed by atoms with E-state index in [0.717, 1.165) is 35.0 Å². The molecule has 0 aliphatic heterocycles. The summed E-state index contributed by atoms with van der Waals surface area (Å²) in [5.74, 6) is 2.49. The van der Waals surface area contributed by atoms with E-state index in [0.29, 0.717) is 23.0 Å². The molecule has 0 unspecified atom stereocenters. The summed E-state index contributed by atoms with van der Waals surface area (Å²) in [7, 11) is 0. The van der Waals surface area contributed by atoms with Crippen molar-refractivity contribution in [2.75, 3.05) is 0 Å². The number of aryl methyl sites for hydroxylation is 1. The molecule has 2 heterocycles. The average molecular weight is 384 g/mol. The van der Waals surface area contributed by atoms with Gasteiger partial charge in [0.15, 0.2) is 5.16 Å². The molecule has 1 aliphatic rings. The standard InChI is InChI=1S/C21H25N3O2S/c1-13-7-6-10-19(15(13)3)24-20(25)17-8-4-5-9-18(17)22-21(24)27-12-16-11-14(2)26-23-16/h4-5,8-9,11,13,15,19H,6-7,10,12H2,1-3H3/t13-,15-,19-/m1/s1. The highest BCUT2D eigenvalue weighted by Crippen LogP contribution is 2.39. The minimum absolute atomic E-state index is 0.0744. The van der Waals surface area contributed by atoms with Crippen molar-refractivity contribution in [3.63, 3.8) is 0 Å². The van der Waals surface area contributed by atoms with E-state index in [2.05, 4.69) is 19.0 Å². The van der Waals surface area contributed by atoms with Crippen molar-refractivity contribution < 1.29 is 4.52 Å². The highest BCUT2D eigenvalue weighted by Gasteiger charge is 2.31. The number of nitrogens with zero attached hydrogens (tertiary/aromatic N) is 3. The first-order chi connectivity index (χ1) is 13.0. The van der Waals surface area contributed by atoms with Crippen LogP contribution in [0.25, 0.3) is 10.9 Å². The third-order valence-electron chi connectivity index (χ3n) is 5.80. The third kappa shape index (κ3) is 3.55. The lowest BCUT2D eigenvalue weighted by molar-refractivity contribution is 0.173. The summed E-state index contributed by atoms with van der Waals surface area (Å²) in [6.45, 7) is 6.45. The summed E-state index contributed by atoms with van der Waals surface area (Å²) in [5.41, 5.74) is 1.70. The first kappa shape index (κ1) is 18.3. The maximum absolute atomic E-state index is 13.4. The Morgan fingerprint density at radius 3 is 2.85 bits per heavy atom. The number of fused-ring (bicyclic) bond motifs is 1. The lowest BCUT2D eigenvalue weighted by atomic mass is 9.78. The molecular formula is C21H25N3O2S. The van der Waals surface area contributed by atoms with Gasteiger partial charge in [-0.25, -0.2) is 4.98 Å². The second-order valence-electron chi connectivity index (χ2n) is 7.64. The van der Waals surface area contributed by atoms with Crippen LogP contribution < -0.4 is 5.56 Å². The molecule has 0 amide bonds. The van der Waals surface area contributed by atoms with Gasteiger partial charge in [0.2, 0.25) is 0 Å². The molecule has 5 nitrogen and oxygen atoms in total. The zero-order valence-corrected chi connectivity index (χ0v) is 16.8. The number of hydrogen-bond acceptors (Lipinski definition) is 5. The predicted octanol–water partition coefficient (Wildman–Crippen LogP) is 4.98. The Morgan fingerprint density at radius 1 is 1.26 bits per heavy atom. The van der Waals surface area contributed by atoms with Crippen LogP contribution in [-0.2, 0) is 5.75 Å². The first-order valence-corrected chi connectivity index (χ1v) is 10.6. The fraction of sp³-hybridized carbons (Fsp3) is 0.476. The molecule has 0 radical (unpaired) electrons. The fourth-order valence-electron chi connectivity index (χ4n) is 4.06. The van der Waals surface area contributed by atoms with Gasteiger partial charge in [-0.1, -0.05) is 55.7 Å². The number of thioether (sulfide) groups is 1. The van der Waals surface area contributed by atoms with Crippen LogP contribution in [-0.4, -0.2) is 14.7 Å². The van der Waals surface area contributed by atoms with Crippen molar-refractivity contribution in [2.45, 2.75) is 57.0 Å². The van der Waals surface area contributed by atoms with Gasteiger partial charge in [-0.15, -0.1) is 0 Å². The molecule has 27 heavy (non-hydrogen) atoms. The molecule has 1 fully saturated rings. The highest BCUT2D eigenvalue weighted by atomic mass is 32.2. The van der Waals surface area contributed by atoms with E-state index in [1.54, 1.807) is 11.8 Å². The fourth-order valence-corrected chi connectivity index (χ4v) is 5.00. The molecule has 142 valence electrons. The van der Waals surface area contributed by atoms with Crippen LogP contribution in [0.1, 0.15) is 50.6 Å². The molecule has 1 saturated carbocycles. The number of hydrogen-bond donors (Lipinski definition) is 0. The number of aromatic nitrogens is 3. The van der Waals surface area contributed by atoms with Crippen LogP contribution in [0, 0.1) is 18.8 Å². The van der Waals surface area contributed by atoms with Gasteiger partial charge in [0.25, 0.3) is 5.56 Å². The summed E-state index contributed by atoms with van der Waals surface area (Å²) < 4.78 is 7.13. The summed E-state index contributed by atoms with van der Waals surface area (Å²) in [5, 5.41) is 5.56. The third-order valence-corrected chi connectivity index (χ3v) is 6.78. The summed E-state index contributed by atoms with van der Waals surface area (Å²) in [6.07, 6.45) is 3.41. The molecular weight excluding hydrogens is 358 g/mol. The second kappa shape index (κ2) is 7.50. The van der Waals surface area contributed by atoms with Gasteiger partial charge in [-0.3, -0.25) is 9.36 Å². The van der Waals surface area contributed by atoms with Crippen LogP contribution in [0.15, 0.2) is 44.8 Å². The van der Waals surface area contributed by atoms with Crippen molar-refractivity contribution >= 4 is 22.7 Å². The lowest BCUT2D eigenvalue weighted by Gasteiger charge is -2.36. The SMILES string of the molecule is Cc1cc(CSc2nc3ccccc3c(=O)n2[C@@H]2CCC[C@@H](C)[C@H]2C)no1. The normalized spacial score (nSPS) is 23.0. The van der Waals surface area contributed by atoms with Gasteiger partial charge in [0.1, 0.15) is 5.76 Å². The Bertz CT molecular complexity index is 1010. The van der Waals surface area contributed by atoms with Gasteiger partial charge in [-0.05, 0) is 37.3 Å². The monoisotopic (exact) mass is 383 g/mol. The first-order valence-electron chi connectivity index (χ1n) is 9.61. The van der Waals surface area contributed by atoms with Crippen molar-refractivity contribution in [3.05, 3.63) is 52.1 Å².